The quantitative estimate of drug-likeness (QED) is 0.528. The topological polar surface area (TPSA) is 29.4 Å². The summed E-state index contributed by atoms with van der Waals surface area (Å²) < 4.78 is 0. The third-order valence-electron chi connectivity index (χ3n) is 3.69. The summed E-state index contributed by atoms with van der Waals surface area (Å²) in [6.07, 6.45) is 4.83. The van der Waals surface area contributed by atoms with Crippen molar-refractivity contribution < 1.29 is 4.79 Å². The Labute approximate surface area is 93.0 Å². The first kappa shape index (κ1) is 9.14. The largest absolute Gasteiger partial charge is 0.235 e. The Bertz CT molecular complexity index is 479. The molecular formula is C12H10ClNO. The third-order valence-corrected chi connectivity index (χ3v) is 3.93. The molecule has 3 heteroatoms. The molecule has 2 atom stereocenters. The molecule has 1 fully saturated rings. The number of aryl methyl sites for hydroxylation is 1. The Morgan fingerprint density at radius 3 is 3.20 bits per heavy atom. The number of isocyanates is 1. The van der Waals surface area contributed by atoms with Crippen LogP contribution >= 0.6 is 11.6 Å². The minimum Gasteiger partial charge on any atom is -0.211 e. The van der Waals surface area contributed by atoms with E-state index in [0.29, 0.717) is 0 Å². The van der Waals surface area contributed by atoms with Gasteiger partial charge in [0.2, 0.25) is 6.08 Å². The summed E-state index contributed by atoms with van der Waals surface area (Å²) in [7, 11) is 0. The molecule has 0 bridgehead atoms. The maximum absolute atomic E-state index is 10.3. The van der Waals surface area contributed by atoms with Crippen LogP contribution in [-0.2, 0) is 16.6 Å². The normalized spacial score (nSPS) is 31.1. The van der Waals surface area contributed by atoms with Gasteiger partial charge in [-0.2, -0.15) is 0 Å². The van der Waals surface area contributed by atoms with Crippen LogP contribution in [0.1, 0.15) is 24.0 Å². The van der Waals surface area contributed by atoms with E-state index in [9.17, 15) is 4.79 Å². The van der Waals surface area contributed by atoms with Gasteiger partial charge in [0.1, 0.15) is 0 Å². The predicted octanol–water partition coefficient (Wildman–Crippen LogP) is 2.63. The third kappa shape index (κ3) is 1.19. The molecule has 0 amide bonds. The fourth-order valence-electron chi connectivity index (χ4n) is 2.80. The number of benzene rings is 1. The second kappa shape index (κ2) is 2.94. The Hall–Kier alpha value is -1.11. The van der Waals surface area contributed by atoms with Crippen LogP contribution in [0.25, 0.3) is 0 Å². The van der Waals surface area contributed by atoms with Gasteiger partial charge in [0.15, 0.2) is 0 Å². The highest BCUT2D eigenvalue weighted by atomic mass is 35.5. The van der Waals surface area contributed by atoms with Crippen LogP contribution in [-0.4, -0.2) is 12.1 Å². The van der Waals surface area contributed by atoms with E-state index >= 15 is 0 Å². The van der Waals surface area contributed by atoms with Crippen LogP contribution in [0.5, 0.6) is 0 Å². The van der Waals surface area contributed by atoms with Gasteiger partial charge >= 0.3 is 0 Å². The van der Waals surface area contributed by atoms with Crippen molar-refractivity contribution in [2.45, 2.75) is 30.7 Å². The van der Waals surface area contributed by atoms with Gasteiger partial charge in [0.05, 0.1) is 6.04 Å². The van der Waals surface area contributed by atoms with Gasteiger partial charge in [-0.15, -0.1) is 0 Å². The number of carbonyl (C=O) groups excluding carboxylic acids is 1. The molecular weight excluding hydrogens is 210 g/mol. The summed E-state index contributed by atoms with van der Waals surface area (Å²) in [6, 6.07) is 6.20. The summed E-state index contributed by atoms with van der Waals surface area (Å²) in [6.45, 7) is 0. The lowest BCUT2D eigenvalue weighted by Gasteiger charge is -2.08. The summed E-state index contributed by atoms with van der Waals surface area (Å²) in [5.41, 5.74) is 2.79. The van der Waals surface area contributed by atoms with Crippen molar-refractivity contribution in [3.05, 3.63) is 34.3 Å². The van der Waals surface area contributed by atoms with E-state index in [0.717, 1.165) is 24.3 Å². The fraction of sp³-hybridized carbons (Fsp3) is 0.417. The number of halogens is 1. The Morgan fingerprint density at radius 2 is 2.40 bits per heavy atom. The van der Waals surface area contributed by atoms with Gasteiger partial charge in [-0.1, -0.05) is 17.7 Å². The number of hydrogen-bond donors (Lipinski definition) is 0. The minimum atomic E-state index is 0.123. The van der Waals surface area contributed by atoms with Crippen LogP contribution in [0, 0.1) is 0 Å². The first-order valence-corrected chi connectivity index (χ1v) is 5.50. The molecule has 1 saturated carbocycles. The molecule has 2 aliphatic carbocycles. The average Bonchev–Trinajstić information content (AvgIpc) is 2.79. The van der Waals surface area contributed by atoms with Crippen LogP contribution in [0.4, 0.5) is 0 Å². The van der Waals surface area contributed by atoms with Gasteiger partial charge < -0.3 is 0 Å². The van der Waals surface area contributed by atoms with E-state index in [1.54, 1.807) is 6.08 Å². The molecule has 2 unspecified atom stereocenters. The zero-order valence-corrected chi connectivity index (χ0v) is 8.92. The second-order valence-electron chi connectivity index (χ2n) is 4.40. The van der Waals surface area contributed by atoms with Crippen molar-refractivity contribution in [3.8, 4) is 0 Å². The van der Waals surface area contributed by atoms with Crippen molar-refractivity contribution in [1.29, 1.82) is 0 Å². The van der Waals surface area contributed by atoms with Gasteiger partial charge in [-0.25, -0.2) is 9.79 Å². The van der Waals surface area contributed by atoms with Gasteiger partial charge in [0, 0.05) is 10.4 Å². The Balaban J connectivity index is 2.06. The smallest absolute Gasteiger partial charge is 0.211 e. The summed E-state index contributed by atoms with van der Waals surface area (Å²) in [5.74, 6) is 0. The maximum atomic E-state index is 10.3. The van der Waals surface area contributed by atoms with Gasteiger partial charge in [0.25, 0.3) is 0 Å². The zero-order valence-electron chi connectivity index (χ0n) is 8.16. The van der Waals surface area contributed by atoms with Crippen molar-refractivity contribution in [2.24, 2.45) is 4.99 Å². The molecule has 76 valence electrons. The van der Waals surface area contributed by atoms with Crippen molar-refractivity contribution in [1.82, 2.24) is 0 Å². The van der Waals surface area contributed by atoms with Crippen LogP contribution in [0.2, 0.25) is 5.02 Å². The molecule has 1 aromatic carbocycles. The molecule has 3 rings (SSSR count). The highest BCUT2D eigenvalue weighted by Gasteiger charge is 2.58. The standard InChI is InChI=1S/C12H10ClNO/c13-9-2-1-8-3-4-12(10(8)5-9)6-11(12)14-7-15/h1-2,5,11H,3-4,6H2. The van der Waals surface area contributed by atoms with Crippen LogP contribution < -0.4 is 0 Å². The SMILES string of the molecule is O=C=NC1CC12CCc1ccc(Cl)cc12. The van der Waals surface area contributed by atoms with E-state index < -0.39 is 0 Å². The lowest BCUT2D eigenvalue weighted by atomic mass is 9.98. The van der Waals surface area contributed by atoms with E-state index in [1.165, 1.54) is 11.1 Å². The lowest BCUT2D eigenvalue weighted by molar-refractivity contribution is 0.559. The molecule has 2 nitrogen and oxygen atoms in total. The van der Waals surface area contributed by atoms with E-state index in [4.69, 9.17) is 11.6 Å². The van der Waals surface area contributed by atoms with Crippen molar-refractivity contribution >= 4 is 17.7 Å². The molecule has 0 N–H and O–H groups in total. The molecule has 0 saturated heterocycles. The molecule has 0 aliphatic heterocycles. The number of nitrogens with zero attached hydrogens (tertiary/aromatic N) is 1. The molecule has 0 aromatic heterocycles. The summed E-state index contributed by atoms with van der Waals surface area (Å²) in [4.78, 5) is 14.1. The van der Waals surface area contributed by atoms with Crippen LogP contribution in [0.15, 0.2) is 23.2 Å². The summed E-state index contributed by atoms with van der Waals surface area (Å²) in [5, 5.41) is 0.774. The molecule has 1 aromatic rings. The monoisotopic (exact) mass is 219 g/mol. The fourth-order valence-corrected chi connectivity index (χ4v) is 2.97. The minimum absolute atomic E-state index is 0.123. The highest BCUT2D eigenvalue weighted by molar-refractivity contribution is 6.30. The first-order valence-electron chi connectivity index (χ1n) is 5.12. The number of rotatable bonds is 1. The van der Waals surface area contributed by atoms with Gasteiger partial charge in [-0.3, -0.25) is 0 Å². The predicted molar refractivity (Wildman–Crippen MR) is 58.0 cm³/mol. The first-order chi connectivity index (χ1) is 7.26. The number of fused-ring (bicyclic) bond motifs is 2. The Kier molecular flexibility index (Phi) is 1.79. The van der Waals surface area contributed by atoms with E-state index in [-0.39, 0.29) is 11.5 Å². The van der Waals surface area contributed by atoms with E-state index in [1.807, 2.05) is 12.1 Å². The maximum Gasteiger partial charge on any atom is 0.235 e. The number of aliphatic imine (C=N–C) groups is 1. The molecule has 0 radical (unpaired) electrons. The van der Waals surface area contributed by atoms with Crippen molar-refractivity contribution in [2.75, 3.05) is 0 Å². The lowest BCUT2D eigenvalue weighted by Crippen LogP contribution is -2.06. The van der Waals surface area contributed by atoms with Gasteiger partial charge in [-0.05, 0) is 42.5 Å². The second-order valence-corrected chi connectivity index (χ2v) is 4.83. The van der Waals surface area contributed by atoms with Crippen molar-refractivity contribution in [3.63, 3.8) is 0 Å². The highest BCUT2D eigenvalue weighted by Crippen LogP contribution is 2.58. The summed E-state index contributed by atoms with van der Waals surface area (Å²) >= 11 is 6.00. The molecule has 15 heavy (non-hydrogen) atoms. The molecule has 1 spiro atoms. The Morgan fingerprint density at radius 1 is 1.53 bits per heavy atom. The number of hydrogen-bond acceptors (Lipinski definition) is 2. The van der Waals surface area contributed by atoms with E-state index in [2.05, 4.69) is 11.1 Å². The molecule has 0 heterocycles. The average molecular weight is 220 g/mol. The molecule has 2 aliphatic rings. The zero-order chi connectivity index (χ0) is 10.5. The van der Waals surface area contributed by atoms with Crippen LogP contribution in [0.3, 0.4) is 0 Å².